The number of benzene rings is 1. The molecule has 0 bridgehead atoms. The largest absolute Gasteiger partial charge is 0.322 e. The van der Waals surface area contributed by atoms with Gasteiger partial charge in [-0.2, -0.15) is 0 Å². The second-order valence-electron chi connectivity index (χ2n) is 4.35. The molecule has 1 aromatic heterocycles. The van der Waals surface area contributed by atoms with Gasteiger partial charge in [-0.05, 0) is 30.2 Å². The Hall–Kier alpha value is -1.26. The molecule has 1 unspecified atom stereocenters. The number of rotatable bonds is 3. The highest BCUT2D eigenvalue weighted by Gasteiger charge is 2.15. The predicted molar refractivity (Wildman–Crippen MR) is 69.3 cm³/mol. The van der Waals surface area contributed by atoms with Crippen molar-refractivity contribution in [2.75, 3.05) is 0 Å². The fraction of sp³-hybridized carbons (Fsp3) is 0.308. The molecule has 1 heterocycles. The molecule has 4 heteroatoms. The molecule has 0 radical (unpaired) electrons. The van der Waals surface area contributed by atoms with E-state index >= 15 is 0 Å². The second kappa shape index (κ2) is 4.94. The highest BCUT2D eigenvalue weighted by atomic mass is 32.1. The highest BCUT2D eigenvalue weighted by molar-refractivity contribution is 7.10. The first kappa shape index (κ1) is 12.2. The zero-order valence-corrected chi connectivity index (χ0v) is 10.7. The highest BCUT2D eigenvalue weighted by Crippen LogP contribution is 2.27. The first-order chi connectivity index (χ1) is 8.08. The number of aromatic nitrogens is 1. The Kier molecular flexibility index (Phi) is 3.54. The second-order valence-corrected chi connectivity index (χ2v) is 5.24. The van der Waals surface area contributed by atoms with Crippen molar-refractivity contribution in [1.29, 1.82) is 0 Å². The Bertz CT molecular complexity index is 490. The monoisotopic (exact) mass is 250 g/mol. The molecule has 0 fully saturated rings. The van der Waals surface area contributed by atoms with Crippen LogP contribution < -0.4 is 5.73 Å². The molecule has 0 saturated carbocycles. The average Bonchev–Trinajstić information content (AvgIpc) is 2.78. The van der Waals surface area contributed by atoms with Crippen LogP contribution >= 0.6 is 11.3 Å². The lowest BCUT2D eigenvalue weighted by Gasteiger charge is -2.11. The maximum Gasteiger partial charge on any atom is 0.123 e. The smallest absolute Gasteiger partial charge is 0.123 e. The molecular formula is C13H15FN2S. The molecule has 90 valence electrons. The van der Waals surface area contributed by atoms with Gasteiger partial charge in [0.15, 0.2) is 0 Å². The van der Waals surface area contributed by atoms with Crippen molar-refractivity contribution < 1.29 is 4.39 Å². The summed E-state index contributed by atoms with van der Waals surface area (Å²) in [6.07, 6.45) is 0. The van der Waals surface area contributed by atoms with E-state index in [9.17, 15) is 4.39 Å². The zero-order chi connectivity index (χ0) is 12.4. The Morgan fingerprint density at radius 3 is 2.47 bits per heavy atom. The number of thiazole rings is 1. The van der Waals surface area contributed by atoms with Crippen molar-refractivity contribution in [2.45, 2.75) is 19.9 Å². The summed E-state index contributed by atoms with van der Waals surface area (Å²) in [5.74, 6) is 0.130. The van der Waals surface area contributed by atoms with Crippen LogP contribution in [0.5, 0.6) is 0 Å². The summed E-state index contributed by atoms with van der Waals surface area (Å²) < 4.78 is 12.8. The minimum atomic E-state index is -0.233. The van der Waals surface area contributed by atoms with Crippen LogP contribution in [0.3, 0.4) is 0 Å². The molecule has 2 rings (SSSR count). The molecule has 0 saturated heterocycles. The van der Waals surface area contributed by atoms with Crippen LogP contribution in [0.15, 0.2) is 29.6 Å². The number of halogens is 1. The van der Waals surface area contributed by atoms with Crippen LogP contribution in [0.25, 0.3) is 11.3 Å². The molecule has 2 N–H and O–H groups in total. The van der Waals surface area contributed by atoms with Crippen LogP contribution in [0, 0.1) is 11.7 Å². The Morgan fingerprint density at radius 1 is 1.24 bits per heavy atom. The molecule has 0 aliphatic rings. The third kappa shape index (κ3) is 2.70. The van der Waals surface area contributed by atoms with Gasteiger partial charge in [0.2, 0.25) is 0 Å². The Morgan fingerprint density at radius 2 is 1.88 bits per heavy atom. The lowest BCUT2D eigenvalue weighted by molar-refractivity contribution is 0.512. The van der Waals surface area contributed by atoms with E-state index in [1.54, 1.807) is 23.5 Å². The molecule has 0 aliphatic heterocycles. The van der Waals surface area contributed by atoms with E-state index in [-0.39, 0.29) is 11.9 Å². The summed E-state index contributed by atoms with van der Waals surface area (Å²) in [6, 6.07) is 6.31. The van der Waals surface area contributed by atoms with Gasteiger partial charge < -0.3 is 5.73 Å². The first-order valence-electron chi connectivity index (χ1n) is 5.55. The van der Waals surface area contributed by atoms with Gasteiger partial charge in [-0.1, -0.05) is 13.8 Å². The van der Waals surface area contributed by atoms with Crippen molar-refractivity contribution in [3.63, 3.8) is 0 Å². The fourth-order valence-electron chi connectivity index (χ4n) is 1.48. The summed E-state index contributed by atoms with van der Waals surface area (Å²) in [6.45, 7) is 4.15. The van der Waals surface area contributed by atoms with Crippen LogP contribution in [0.1, 0.15) is 24.9 Å². The lowest BCUT2D eigenvalue weighted by Crippen LogP contribution is -2.16. The van der Waals surface area contributed by atoms with E-state index in [0.717, 1.165) is 16.3 Å². The number of nitrogens with zero attached hydrogens (tertiary/aromatic N) is 1. The van der Waals surface area contributed by atoms with Gasteiger partial charge in [0, 0.05) is 10.9 Å². The number of hydrogen-bond donors (Lipinski definition) is 1. The lowest BCUT2D eigenvalue weighted by atomic mass is 10.1. The molecule has 17 heavy (non-hydrogen) atoms. The van der Waals surface area contributed by atoms with Gasteiger partial charge in [-0.15, -0.1) is 11.3 Å². The van der Waals surface area contributed by atoms with Gasteiger partial charge in [-0.3, -0.25) is 0 Å². The standard InChI is InChI=1S/C13H15FN2S/c1-8(2)12(15)13-16-11(7-17-13)9-3-5-10(14)6-4-9/h3-8,12H,15H2,1-2H3. The van der Waals surface area contributed by atoms with Crippen molar-refractivity contribution in [1.82, 2.24) is 4.98 Å². The molecule has 2 nitrogen and oxygen atoms in total. The van der Waals surface area contributed by atoms with E-state index in [0.29, 0.717) is 5.92 Å². The van der Waals surface area contributed by atoms with Crippen molar-refractivity contribution in [2.24, 2.45) is 11.7 Å². The molecular weight excluding hydrogens is 235 g/mol. The van der Waals surface area contributed by atoms with E-state index in [4.69, 9.17) is 5.73 Å². The Labute approximate surface area is 104 Å². The van der Waals surface area contributed by atoms with Crippen LogP contribution in [-0.2, 0) is 0 Å². The van der Waals surface area contributed by atoms with E-state index < -0.39 is 0 Å². The number of nitrogens with two attached hydrogens (primary N) is 1. The quantitative estimate of drug-likeness (QED) is 0.903. The Balaban J connectivity index is 2.26. The van der Waals surface area contributed by atoms with E-state index in [1.807, 2.05) is 5.38 Å². The maximum absolute atomic E-state index is 12.8. The van der Waals surface area contributed by atoms with Crippen LogP contribution in [-0.4, -0.2) is 4.98 Å². The van der Waals surface area contributed by atoms with Crippen molar-refractivity contribution in [3.8, 4) is 11.3 Å². The van der Waals surface area contributed by atoms with E-state index in [1.165, 1.54) is 12.1 Å². The van der Waals surface area contributed by atoms with Crippen LogP contribution in [0.4, 0.5) is 4.39 Å². The number of hydrogen-bond acceptors (Lipinski definition) is 3. The average molecular weight is 250 g/mol. The summed E-state index contributed by atoms with van der Waals surface area (Å²) in [7, 11) is 0. The van der Waals surface area contributed by atoms with Gasteiger partial charge in [-0.25, -0.2) is 9.37 Å². The normalized spacial score (nSPS) is 13.0. The van der Waals surface area contributed by atoms with Crippen molar-refractivity contribution >= 4 is 11.3 Å². The molecule has 0 spiro atoms. The SMILES string of the molecule is CC(C)C(N)c1nc(-c2ccc(F)cc2)cs1. The first-order valence-corrected chi connectivity index (χ1v) is 6.43. The summed E-state index contributed by atoms with van der Waals surface area (Å²) in [5.41, 5.74) is 7.82. The van der Waals surface area contributed by atoms with Crippen molar-refractivity contribution in [3.05, 3.63) is 40.5 Å². The predicted octanol–water partition coefficient (Wildman–Crippen LogP) is 3.61. The molecule has 0 aliphatic carbocycles. The molecule has 2 aromatic rings. The maximum atomic E-state index is 12.8. The molecule has 1 aromatic carbocycles. The third-order valence-corrected chi connectivity index (χ3v) is 3.61. The third-order valence-electron chi connectivity index (χ3n) is 2.67. The van der Waals surface area contributed by atoms with E-state index in [2.05, 4.69) is 18.8 Å². The van der Waals surface area contributed by atoms with Gasteiger partial charge >= 0.3 is 0 Å². The summed E-state index contributed by atoms with van der Waals surface area (Å²) in [4.78, 5) is 4.50. The zero-order valence-electron chi connectivity index (χ0n) is 9.85. The summed E-state index contributed by atoms with van der Waals surface area (Å²) >= 11 is 1.56. The minimum absolute atomic E-state index is 0.0331. The van der Waals surface area contributed by atoms with Gasteiger partial charge in [0.25, 0.3) is 0 Å². The van der Waals surface area contributed by atoms with Crippen LogP contribution in [0.2, 0.25) is 0 Å². The fourth-order valence-corrected chi connectivity index (χ4v) is 2.48. The van der Waals surface area contributed by atoms with Gasteiger partial charge in [0.1, 0.15) is 10.8 Å². The molecule has 1 atom stereocenters. The van der Waals surface area contributed by atoms with Gasteiger partial charge in [0.05, 0.1) is 11.7 Å². The molecule has 0 amide bonds. The topological polar surface area (TPSA) is 38.9 Å². The summed E-state index contributed by atoms with van der Waals surface area (Å²) in [5, 5.41) is 2.89. The minimum Gasteiger partial charge on any atom is -0.322 e.